The number of hydrogen-bond acceptors (Lipinski definition) is 2. The van der Waals surface area contributed by atoms with Crippen LogP contribution in [0.2, 0.25) is 0 Å². The van der Waals surface area contributed by atoms with Gasteiger partial charge in [0.05, 0.1) is 0 Å². The highest BCUT2D eigenvalue weighted by Crippen LogP contribution is 2.19. The molecular formula is C14H19NS. The van der Waals surface area contributed by atoms with E-state index in [9.17, 15) is 0 Å². The zero-order valence-corrected chi connectivity index (χ0v) is 10.6. The van der Waals surface area contributed by atoms with Gasteiger partial charge in [-0.05, 0) is 25.1 Å². The molecule has 0 aliphatic carbocycles. The molecule has 0 aromatic heterocycles. The summed E-state index contributed by atoms with van der Waals surface area (Å²) in [4.78, 5) is 1.33. The highest BCUT2D eigenvalue weighted by Gasteiger charge is 2.06. The lowest BCUT2D eigenvalue weighted by molar-refractivity contribution is 0.545. The highest BCUT2D eigenvalue weighted by atomic mass is 32.2. The van der Waals surface area contributed by atoms with Crippen molar-refractivity contribution in [1.29, 1.82) is 0 Å². The molecule has 1 nitrogen and oxygen atoms in total. The fraction of sp³-hybridized carbons (Fsp3) is 0.429. The van der Waals surface area contributed by atoms with Crippen LogP contribution in [0.5, 0.6) is 0 Å². The SMILES string of the molecule is C#CCCC(CSc1ccccc1)NCC. The zero-order chi connectivity index (χ0) is 11.6. The Morgan fingerprint density at radius 1 is 1.38 bits per heavy atom. The highest BCUT2D eigenvalue weighted by molar-refractivity contribution is 7.99. The Labute approximate surface area is 103 Å². The molecule has 1 N–H and O–H groups in total. The minimum absolute atomic E-state index is 0.520. The van der Waals surface area contributed by atoms with Crippen LogP contribution in [0.1, 0.15) is 19.8 Å². The molecule has 0 aliphatic rings. The molecule has 1 rings (SSSR count). The third-order valence-corrected chi connectivity index (χ3v) is 3.50. The molecule has 0 heterocycles. The standard InChI is InChI=1S/C14H19NS/c1-3-5-9-13(15-4-2)12-16-14-10-7-6-8-11-14/h1,6-8,10-11,13,15H,4-5,9,12H2,2H3. The lowest BCUT2D eigenvalue weighted by Gasteiger charge is -2.16. The van der Waals surface area contributed by atoms with E-state index in [1.165, 1.54) is 4.90 Å². The van der Waals surface area contributed by atoms with Gasteiger partial charge in [0.15, 0.2) is 0 Å². The van der Waals surface area contributed by atoms with Gasteiger partial charge < -0.3 is 5.32 Å². The Bertz CT molecular complexity index is 315. The second-order valence-corrected chi connectivity index (χ2v) is 4.71. The van der Waals surface area contributed by atoms with Crippen LogP contribution in [-0.2, 0) is 0 Å². The Hall–Kier alpha value is -0.910. The third kappa shape index (κ3) is 5.25. The quantitative estimate of drug-likeness (QED) is 0.573. The van der Waals surface area contributed by atoms with Crippen LogP contribution >= 0.6 is 11.8 Å². The van der Waals surface area contributed by atoms with Crippen molar-refractivity contribution in [3.63, 3.8) is 0 Å². The number of rotatable bonds is 7. The molecule has 0 saturated carbocycles. The summed E-state index contributed by atoms with van der Waals surface area (Å²) in [6.07, 6.45) is 7.21. The number of terminal acetylenes is 1. The second kappa shape index (κ2) is 8.27. The summed E-state index contributed by atoms with van der Waals surface area (Å²) in [6.45, 7) is 3.14. The minimum atomic E-state index is 0.520. The van der Waals surface area contributed by atoms with E-state index in [0.717, 1.165) is 25.1 Å². The summed E-state index contributed by atoms with van der Waals surface area (Å²) in [5.41, 5.74) is 0. The van der Waals surface area contributed by atoms with Crippen molar-refractivity contribution in [1.82, 2.24) is 5.32 Å². The summed E-state index contributed by atoms with van der Waals surface area (Å²) in [5, 5.41) is 3.47. The van der Waals surface area contributed by atoms with Crippen molar-refractivity contribution in [2.45, 2.75) is 30.7 Å². The van der Waals surface area contributed by atoms with Crippen LogP contribution in [0.3, 0.4) is 0 Å². The van der Waals surface area contributed by atoms with E-state index in [1.54, 1.807) is 0 Å². The van der Waals surface area contributed by atoms with E-state index >= 15 is 0 Å². The van der Waals surface area contributed by atoms with Crippen LogP contribution in [0, 0.1) is 12.3 Å². The van der Waals surface area contributed by atoms with Gasteiger partial charge in [-0.25, -0.2) is 0 Å². The zero-order valence-electron chi connectivity index (χ0n) is 9.78. The number of benzene rings is 1. The number of nitrogens with one attached hydrogen (secondary N) is 1. The van der Waals surface area contributed by atoms with Gasteiger partial charge in [0, 0.05) is 23.1 Å². The van der Waals surface area contributed by atoms with Crippen LogP contribution in [0.25, 0.3) is 0 Å². The first-order valence-electron chi connectivity index (χ1n) is 5.71. The average Bonchev–Trinajstić information content (AvgIpc) is 2.34. The first-order chi connectivity index (χ1) is 7.86. The topological polar surface area (TPSA) is 12.0 Å². The van der Waals surface area contributed by atoms with Gasteiger partial charge in [0.1, 0.15) is 0 Å². The van der Waals surface area contributed by atoms with Gasteiger partial charge in [0.2, 0.25) is 0 Å². The van der Waals surface area contributed by atoms with Gasteiger partial charge in [-0.3, -0.25) is 0 Å². The molecular weight excluding hydrogens is 214 g/mol. The van der Waals surface area contributed by atoms with E-state index in [4.69, 9.17) is 6.42 Å². The first kappa shape index (κ1) is 13.2. The minimum Gasteiger partial charge on any atom is -0.313 e. The van der Waals surface area contributed by atoms with Crippen molar-refractivity contribution >= 4 is 11.8 Å². The van der Waals surface area contributed by atoms with Gasteiger partial charge in [0.25, 0.3) is 0 Å². The van der Waals surface area contributed by atoms with E-state index in [1.807, 2.05) is 17.8 Å². The predicted molar refractivity (Wildman–Crippen MR) is 72.7 cm³/mol. The summed E-state index contributed by atoms with van der Waals surface area (Å²) in [5.74, 6) is 3.79. The Morgan fingerprint density at radius 3 is 2.75 bits per heavy atom. The molecule has 1 atom stereocenters. The van der Waals surface area contributed by atoms with Crippen LogP contribution in [0.4, 0.5) is 0 Å². The van der Waals surface area contributed by atoms with Crippen molar-refractivity contribution in [3.05, 3.63) is 30.3 Å². The maximum absolute atomic E-state index is 5.30. The molecule has 1 aromatic rings. The van der Waals surface area contributed by atoms with E-state index < -0.39 is 0 Å². The first-order valence-corrected chi connectivity index (χ1v) is 6.70. The normalized spacial score (nSPS) is 12.0. The van der Waals surface area contributed by atoms with Crippen LogP contribution in [-0.4, -0.2) is 18.3 Å². The van der Waals surface area contributed by atoms with Gasteiger partial charge in [-0.15, -0.1) is 24.1 Å². The lowest BCUT2D eigenvalue weighted by Crippen LogP contribution is -2.30. The van der Waals surface area contributed by atoms with Crippen molar-refractivity contribution in [3.8, 4) is 12.3 Å². The molecule has 0 radical (unpaired) electrons. The molecule has 0 amide bonds. The molecule has 0 aliphatic heterocycles. The maximum atomic E-state index is 5.30. The lowest BCUT2D eigenvalue weighted by atomic mass is 10.2. The van der Waals surface area contributed by atoms with E-state index in [-0.39, 0.29) is 0 Å². The van der Waals surface area contributed by atoms with Crippen molar-refractivity contribution in [2.75, 3.05) is 12.3 Å². The summed E-state index contributed by atoms with van der Waals surface area (Å²) >= 11 is 1.89. The van der Waals surface area contributed by atoms with Gasteiger partial charge >= 0.3 is 0 Å². The Kier molecular flexibility index (Phi) is 6.80. The molecule has 0 fully saturated rings. The van der Waals surface area contributed by atoms with Crippen LogP contribution in [0.15, 0.2) is 35.2 Å². The molecule has 1 aromatic carbocycles. The average molecular weight is 233 g/mol. The molecule has 0 bridgehead atoms. The molecule has 0 spiro atoms. The summed E-state index contributed by atoms with van der Waals surface area (Å²) in [7, 11) is 0. The number of thioether (sulfide) groups is 1. The second-order valence-electron chi connectivity index (χ2n) is 3.62. The monoisotopic (exact) mass is 233 g/mol. The molecule has 16 heavy (non-hydrogen) atoms. The van der Waals surface area contributed by atoms with Gasteiger partial charge in [-0.2, -0.15) is 0 Å². The molecule has 86 valence electrons. The predicted octanol–water partition coefficient (Wildman–Crippen LogP) is 3.17. The Balaban J connectivity index is 2.35. The van der Waals surface area contributed by atoms with Crippen molar-refractivity contribution < 1.29 is 0 Å². The maximum Gasteiger partial charge on any atom is 0.0170 e. The fourth-order valence-electron chi connectivity index (χ4n) is 1.50. The molecule has 0 saturated heterocycles. The molecule has 1 unspecified atom stereocenters. The third-order valence-electron chi connectivity index (χ3n) is 2.32. The smallest absolute Gasteiger partial charge is 0.0170 e. The largest absolute Gasteiger partial charge is 0.313 e. The summed E-state index contributed by atoms with van der Waals surface area (Å²) in [6, 6.07) is 11.0. The Morgan fingerprint density at radius 2 is 2.12 bits per heavy atom. The summed E-state index contributed by atoms with van der Waals surface area (Å²) < 4.78 is 0. The van der Waals surface area contributed by atoms with Crippen LogP contribution < -0.4 is 5.32 Å². The molecule has 2 heteroatoms. The van der Waals surface area contributed by atoms with E-state index in [2.05, 4.69) is 42.4 Å². The van der Waals surface area contributed by atoms with Crippen molar-refractivity contribution in [2.24, 2.45) is 0 Å². The van der Waals surface area contributed by atoms with E-state index in [0.29, 0.717) is 6.04 Å². The number of hydrogen-bond donors (Lipinski definition) is 1. The fourth-order valence-corrected chi connectivity index (χ4v) is 2.53. The van der Waals surface area contributed by atoms with Gasteiger partial charge in [-0.1, -0.05) is 25.1 Å².